The van der Waals surface area contributed by atoms with Gasteiger partial charge in [0, 0.05) is 0 Å². The third-order valence-corrected chi connectivity index (χ3v) is 2.95. The number of rotatable bonds is 4. The van der Waals surface area contributed by atoms with Crippen molar-refractivity contribution in [2.24, 2.45) is 5.92 Å². The molecule has 82 valence electrons. The molecule has 0 heterocycles. The molecule has 0 aromatic heterocycles. The van der Waals surface area contributed by atoms with Crippen LogP contribution in [0.5, 0.6) is 0 Å². The Labute approximate surface area is 89.4 Å². The minimum Gasteiger partial charge on any atom is -0.480 e. The maximum absolute atomic E-state index is 10.4. The molecule has 0 saturated heterocycles. The van der Waals surface area contributed by atoms with Crippen molar-refractivity contribution in [3.8, 4) is 0 Å². The lowest BCUT2D eigenvalue weighted by molar-refractivity contribution is -0.138. The van der Waals surface area contributed by atoms with Crippen LogP contribution >= 0.6 is 11.6 Å². The number of carboxylic acids is 1. The molecular formula is C10H17ClO3. The van der Waals surface area contributed by atoms with E-state index in [2.05, 4.69) is 6.92 Å². The van der Waals surface area contributed by atoms with E-state index in [4.69, 9.17) is 21.4 Å². The molecule has 0 aromatic carbocycles. The van der Waals surface area contributed by atoms with Gasteiger partial charge >= 0.3 is 5.97 Å². The van der Waals surface area contributed by atoms with Crippen LogP contribution in [0.1, 0.15) is 32.6 Å². The second-order valence-electron chi connectivity index (χ2n) is 4.03. The number of ether oxygens (including phenoxy) is 1. The Morgan fingerprint density at radius 2 is 2.36 bits per heavy atom. The second-order valence-corrected chi connectivity index (χ2v) is 4.56. The Morgan fingerprint density at radius 1 is 1.64 bits per heavy atom. The highest BCUT2D eigenvalue weighted by Crippen LogP contribution is 2.25. The van der Waals surface area contributed by atoms with Gasteiger partial charge in [0.25, 0.3) is 0 Å². The number of halogens is 1. The van der Waals surface area contributed by atoms with E-state index in [-0.39, 0.29) is 12.7 Å². The first kappa shape index (κ1) is 11.8. The monoisotopic (exact) mass is 220 g/mol. The van der Waals surface area contributed by atoms with E-state index in [0.29, 0.717) is 5.92 Å². The zero-order valence-corrected chi connectivity index (χ0v) is 9.17. The SMILES string of the molecule is CC1CCCC(OCC(Cl)C(=O)O)C1. The average Bonchev–Trinajstić information content (AvgIpc) is 2.14. The summed E-state index contributed by atoms with van der Waals surface area (Å²) in [7, 11) is 0. The first-order valence-electron chi connectivity index (χ1n) is 5.08. The molecule has 1 fully saturated rings. The number of carbonyl (C=O) groups is 1. The van der Waals surface area contributed by atoms with E-state index in [0.717, 1.165) is 12.8 Å². The summed E-state index contributed by atoms with van der Waals surface area (Å²) in [6.07, 6.45) is 4.70. The molecule has 1 saturated carbocycles. The Morgan fingerprint density at radius 3 is 2.93 bits per heavy atom. The van der Waals surface area contributed by atoms with Crippen molar-refractivity contribution in [3.05, 3.63) is 0 Å². The number of alkyl halides is 1. The molecule has 3 unspecified atom stereocenters. The van der Waals surface area contributed by atoms with Gasteiger partial charge in [-0.3, -0.25) is 4.79 Å². The normalized spacial score (nSPS) is 29.9. The lowest BCUT2D eigenvalue weighted by atomic mass is 9.89. The van der Waals surface area contributed by atoms with E-state index in [9.17, 15) is 4.79 Å². The van der Waals surface area contributed by atoms with Gasteiger partial charge in [0.05, 0.1) is 12.7 Å². The van der Waals surface area contributed by atoms with E-state index in [1.54, 1.807) is 0 Å². The molecule has 1 N–H and O–H groups in total. The Kier molecular flexibility index (Phi) is 4.69. The standard InChI is InChI=1S/C10H17ClO3/c1-7-3-2-4-8(5-7)14-6-9(11)10(12)13/h7-9H,2-6H2,1H3,(H,12,13). The minimum atomic E-state index is -1.00. The minimum absolute atomic E-state index is 0.119. The van der Waals surface area contributed by atoms with Crippen molar-refractivity contribution < 1.29 is 14.6 Å². The lowest BCUT2D eigenvalue weighted by Gasteiger charge is -2.27. The van der Waals surface area contributed by atoms with Crippen LogP contribution in [-0.4, -0.2) is 29.2 Å². The molecule has 0 radical (unpaired) electrons. The van der Waals surface area contributed by atoms with Crippen LogP contribution in [-0.2, 0) is 9.53 Å². The van der Waals surface area contributed by atoms with Crippen molar-refractivity contribution in [2.45, 2.75) is 44.1 Å². The molecule has 0 bridgehead atoms. The molecule has 1 rings (SSSR count). The van der Waals surface area contributed by atoms with E-state index in [1.165, 1.54) is 12.8 Å². The topological polar surface area (TPSA) is 46.5 Å². The van der Waals surface area contributed by atoms with Crippen molar-refractivity contribution in [1.29, 1.82) is 0 Å². The average molecular weight is 221 g/mol. The zero-order valence-electron chi connectivity index (χ0n) is 8.41. The Bertz CT molecular complexity index is 196. The van der Waals surface area contributed by atoms with E-state index < -0.39 is 11.3 Å². The summed E-state index contributed by atoms with van der Waals surface area (Å²) in [4.78, 5) is 10.4. The summed E-state index contributed by atoms with van der Waals surface area (Å²) in [5.74, 6) is -0.317. The van der Waals surface area contributed by atoms with Crippen LogP contribution in [0.4, 0.5) is 0 Å². The smallest absolute Gasteiger partial charge is 0.324 e. The second kappa shape index (κ2) is 5.56. The fourth-order valence-electron chi connectivity index (χ4n) is 1.82. The van der Waals surface area contributed by atoms with Crippen LogP contribution in [0, 0.1) is 5.92 Å². The largest absolute Gasteiger partial charge is 0.480 e. The van der Waals surface area contributed by atoms with Crippen molar-refractivity contribution in [1.82, 2.24) is 0 Å². The first-order chi connectivity index (χ1) is 6.59. The number of hydrogen-bond donors (Lipinski definition) is 1. The highest BCUT2D eigenvalue weighted by atomic mass is 35.5. The summed E-state index contributed by atoms with van der Waals surface area (Å²) >= 11 is 5.55. The molecular weight excluding hydrogens is 204 g/mol. The molecule has 1 aliphatic carbocycles. The van der Waals surface area contributed by atoms with Gasteiger partial charge < -0.3 is 9.84 Å². The summed E-state index contributed by atoms with van der Waals surface area (Å²) < 4.78 is 5.46. The van der Waals surface area contributed by atoms with Gasteiger partial charge in [-0.05, 0) is 18.8 Å². The number of carboxylic acid groups (broad SMARTS) is 1. The number of hydrogen-bond acceptors (Lipinski definition) is 2. The fourth-order valence-corrected chi connectivity index (χ4v) is 1.89. The van der Waals surface area contributed by atoms with E-state index in [1.807, 2.05) is 0 Å². The lowest BCUT2D eigenvalue weighted by Crippen LogP contribution is -2.27. The molecule has 0 spiro atoms. The molecule has 0 aliphatic heterocycles. The van der Waals surface area contributed by atoms with Gasteiger partial charge in [-0.15, -0.1) is 11.6 Å². The predicted molar refractivity (Wildman–Crippen MR) is 54.6 cm³/mol. The van der Waals surface area contributed by atoms with Gasteiger partial charge in [0.1, 0.15) is 0 Å². The molecule has 3 nitrogen and oxygen atoms in total. The maximum Gasteiger partial charge on any atom is 0.324 e. The Hall–Kier alpha value is -0.280. The molecule has 14 heavy (non-hydrogen) atoms. The molecule has 1 aliphatic rings. The first-order valence-corrected chi connectivity index (χ1v) is 5.51. The molecule has 3 atom stereocenters. The van der Waals surface area contributed by atoms with E-state index >= 15 is 0 Å². The van der Waals surface area contributed by atoms with Crippen molar-refractivity contribution in [2.75, 3.05) is 6.61 Å². The summed E-state index contributed by atoms with van der Waals surface area (Å²) in [6.45, 7) is 2.32. The third kappa shape index (κ3) is 3.84. The fraction of sp³-hybridized carbons (Fsp3) is 0.900. The van der Waals surface area contributed by atoms with Crippen LogP contribution in [0.15, 0.2) is 0 Å². The van der Waals surface area contributed by atoms with Crippen LogP contribution in [0.2, 0.25) is 0 Å². The van der Waals surface area contributed by atoms with Crippen molar-refractivity contribution in [3.63, 3.8) is 0 Å². The van der Waals surface area contributed by atoms with Gasteiger partial charge in [0.2, 0.25) is 0 Å². The highest BCUT2D eigenvalue weighted by molar-refractivity contribution is 6.29. The quantitative estimate of drug-likeness (QED) is 0.740. The molecule has 0 amide bonds. The zero-order chi connectivity index (χ0) is 10.6. The van der Waals surface area contributed by atoms with Crippen molar-refractivity contribution >= 4 is 17.6 Å². The van der Waals surface area contributed by atoms with Crippen LogP contribution in [0.25, 0.3) is 0 Å². The summed E-state index contributed by atoms with van der Waals surface area (Å²) in [5, 5.41) is 7.64. The third-order valence-electron chi connectivity index (χ3n) is 2.63. The Balaban J connectivity index is 2.20. The molecule has 4 heteroatoms. The number of aliphatic carboxylic acids is 1. The maximum atomic E-state index is 10.4. The van der Waals surface area contributed by atoms with Gasteiger partial charge in [-0.2, -0.15) is 0 Å². The summed E-state index contributed by atoms with van der Waals surface area (Å²) in [6, 6.07) is 0. The summed E-state index contributed by atoms with van der Waals surface area (Å²) in [5.41, 5.74) is 0. The predicted octanol–water partition coefficient (Wildman–Crippen LogP) is 2.27. The molecule has 0 aromatic rings. The van der Waals surface area contributed by atoms with Crippen LogP contribution in [0.3, 0.4) is 0 Å². The van der Waals surface area contributed by atoms with Crippen LogP contribution < -0.4 is 0 Å². The van der Waals surface area contributed by atoms with Gasteiger partial charge in [-0.25, -0.2) is 0 Å². The van der Waals surface area contributed by atoms with Gasteiger partial charge in [0.15, 0.2) is 5.38 Å². The highest BCUT2D eigenvalue weighted by Gasteiger charge is 2.22. The van der Waals surface area contributed by atoms with Gasteiger partial charge in [-0.1, -0.05) is 19.8 Å².